The fourth-order valence-electron chi connectivity index (χ4n) is 4.10. The number of rotatable bonds is 6. The summed E-state index contributed by atoms with van der Waals surface area (Å²) >= 11 is 0. The second-order valence-electron chi connectivity index (χ2n) is 13.2. The number of ether oxygens (including phenoxy) is 4. The summed E-state index contributed by atoms with van der Waals surface area (Å²) in [5, 5.41) is 4.80. The highest BCUT2D eigenvalue weighted by atomic mass is 16.6. The third-order valence-corrected chi connectivity index (χ3v) is 5.69. The zero-order valence-electron chi connectivity index (χ0n) is 27.1. The lowest BCUT2D eigenvalue weighted by molar-refractivity contribution is -0.157. The highest BCUT2D eigenvalue weighted by Crippen LogP contribution is 2.31. The predicted octanol–water partition coefficient (Wildman–Crippen LogP) is 7.07. The highest BCUT2D eigenvalue weighted by Gasteiger charge is 2.28. The molecule has 0 N–H and O–H groups in total. The minimum atomic E-state index is -0.795. The number of fused-ring (bicyclic) bond motifs is 1. The molecule has 238 valence electrons. The predicted molar refractivity (Wildman–Crippen MR) is 169 cm³/mol. The number of carbonyl (C=O) groups excluding carboxylic acids is 3. The molecule has 0 aliphatic carbocycles. The number of benzene rings is 2. The average Bonchev–Trinajstić information content (AvgIpc) is 3.33. The first-order chi connectivity index (χ1) is 20.9. The molecule has 0 saturated carbocycles. The molecule has 12 heteroatoms. The summed E-state index contributed by atoms with van der Waals surface area (Å²) in [6.45, 7) is 15.7. The minimum Gasteiger partial charge on any atom is -0.482 e. The van der Waals surface area contributed by atoms with Gasteiger partial charge in [-0.1, -0.05) is 12.1 Å². The number of esters is 1. The van der Waals surface area contributed by atoms with Crippen molar-refractivity contribution in [1.29, 1.82) is 0 Å². The molecule has 2 aromatic carbocycles. The highest BCUT2D eigenvalue weighted by molar-refractivity contribution is 5.98. The van der Waals surface area contributed by atoms with Gasteiger partial charge in [-0.2, -0.15) is 9.78 Å². The summed E-state index contributed by atoms with van der Waals surface area (Å²) in [5.41, 5.74) is -0.590. The van der Waals surface area contributed by atoms with E-state index < -0.39 is 35.0 Å². The third-order valence-electron chi connectivity index (χ3n) is 5.69. The van der Waals surface area contributed by atoms with E-state index in [4.69, 9.17) is 18.9 Å². The van der Waals surface area contributed by atoms with Gasteiger partial charge in [0.1, 0.15) is 28.4 Å². The summed E-state index contributed by atoms with van der Waals surface area (Å²) in [7, 11) is 0. The molecular weight excluding hydrogens is 578 g/mol. The smallest absolute Gasteiger partial charge is 0.435 e. The molecule has 4 rings (SSSR count). The van der Waals surface area contributed by atoms with E-state index in [0.717, 1.165) is 0 Å². The molecule has 2 heterocycles. The van der Waals surface area contributed by atoms with Gasteiger partial charge in [-0.15, -0.1) is 0 Å². The van der Waals surface area contributed by atoms with E-state index in [0.29, 0.717) is 33.7 Å². The molecule has 0 radical (unpaired) electrons. The molecular formula is C33H39N5O7. The van der Waals surface area contributed by atoms with Gasteiger partial charge in [0.05, 0.1) is 17.4 Å². The van der Waals surface area contributed by atoms with Crippen molar-refractivity contribution in [2.45, 2.75) is 79.1 Å². The summed E-state index contributed by atoms with van der Waals surface area (Å²) in [6, 6.07) is 13.6. The van der Waals surface area contributed by atoms with Crippen molar-refractivity contribution >= 4 is 40.6 Å². The summed E-state index contributed by atoms with van der Waals surface area (Å²) in [4.78, 5) is 48.8. The van der Waals surface area contributed by atoms with Crippen LogP contribution in [0, 0.1) is 0 Å². The van der Waals surface area contributed by atoms with Crippen LogP contribution in [0.15, 0.2) is 60.9 Å². The Morgan fingerprint density at radius 1 is 0.822 bits per heavy atom. The lowest BCUT2D eigenvalue weighted by Gasteiger charge is -2.27. The first-order valence-corrected chi connectivity index (χ1v) is 14.4. The van der Waals surface area contributed by atoms with Gasteiger partial charge in [0.2, 0.25) is 0 Å². The Balaban J connectivity index is 1.67. The van der Waals surface area contributed by atoms with Crippen LogP contribution >= 0.6 is 0 Å². The molecule has 4 aromatic rings. The van der Waals surface area contributed by atoms with Gasteiger partial charge in [-0.3, -0.25) is 0 Å². The molecule has 0 atom stereocenters. The normalized spacial score (nSPS) is 12.0. The van der Waals surface area contributed by atoms with Crippen molar-refractivity contribution in [2.24, 2.45) is 0 Å². The van der Waals surface area contributed by atoms with Crippen LogP contribution in [0.4, 0.5) is 21.1 Å². The first-order valence-electron chi connectivity index (χ1n) is 14.4. The van der Waals surface area contributed by atoms with Crippen LogP contribution in [-0.2, 0) is 19.0 Å². The number of aromatic nitrogens is 4. The Hall–Kier alpha value is -5.00. The topological polar surface area (TPSA) is 135 Å². The van der Waals surface area contributed by atoms with E-state index >= 15 is 0 Å². The fraction of sp³-hybridized carbons (Fsp3) is 0.394. The Labute approximate surface area is 262 Å². The van der Waals surface area contributed by atoms with Gasteiger partial charge in [-0.05, 0) is 98.7 Å². The molecule has 0 bridgehead atoms. The quantitative estimate of drug-likeness (QED) is 0.163. The van der Waals surface area contributed by atoms with Gasteiger partial charge in [0.25, 0.3) is 0 Å². The molecule has 2 aromatic heterocycles. The largest absolute Gasteiger partial charge is 0.482 e. The van der Waals surface area contributed by atoms with E-state index in [1.165, 1.54) is 22.0 Å². The number of nitrogens with zero attached hydrogens (tertiary/aromatic N) is 5. The van der Waals surface area contributed by atoms with E-state index in [-0.39, 0.29) is 12.4 Å². The first kappa shape index (κ1) is 32.9. The van der Waals surface area contributed by atoms with Crippen molar-refractivity contribution in [3.8, 4) is 17.1 Å². The second-order valence-corrected chi connectivity index (χ2v) is 13.2. The number of amides is 1. The SMILES string of the molecule is CC(C)(C)OC(=O)COc1cccc(-c2nccc(N(C(=O)OC(C)(C)C)c3ccc4c(cnn4C(=O)OC(C)(C)C)c3)n2)c1. The molecule has 1 amide bonds. The Bertz CT molecular complexity index is 1710. The Kier molecular flexibility index (Phi) is 9.17. The Morgan fingerprint density at radius 2 is 1.51 bits per heavy atom. The number of hydrogen-bond acceptors (Lipinski definition) is 10. The maximum atomic E-state index is 13.6. The standard InChI is InChI=1S/C33H39N5O7/c1-31(2,3)43-27(39)20-42-24-12-10-11-21(18-24)28-34-16-15-26(36-28)37(29(40)44-32(4,5)6)23-13-14-25-22(17-23)19-35-38(25)30(41)45-33(7,8)9/h10-19H,20H2,1-9H3. The van der Waals surface area contributed by atoms with Crippen molar-refractivity contribution in [2.75, 3.05) is 11.5 Å². The lowest BCUT2D eigenvalue weighted by atomic mass is 10.2. The summed E-state index contributed by atoms with van der Waals surface area (Å²) in [5.74, 6) is 0.479. The molecule has 45 heavy (non-hydrogen) atoms. The van der Waals surface area contributed by atoms with Gasteiger partial charge in [-0.25, -0.2) is 29.3 Å². The van der Waals surface area contributed by atoms with Crippen molar-refractivity contribution < 1.29 is 33.3 Å². The zero-order chi connectivity index (χ0) is 33.2. The number of carbonyl (C=O) groups is 3. The third kappa shape index (κ3) is 9.01. The van der Waals surface area contributed by atoms with Crippen LogP contribution < -0.4 is 9.64 Å². The van der Waals surface area contributed by atoms with E-state index in [1.807, 2.05) is 0 Å². The minimum absolute atomic E-state index is 0.244. The molecule has 12 nitrogen and oxygen atoms in total. The average molecular weight is 618 g/mol. The van der Waals surface area contributed by atoms with Crippen LogP contribution in [0.5, 0.6) is 5.75 Å². The van der Waals surface area contributed by atoms with Crippen LogP contribution in [0.1, 0.15) is 62.3 Å². The molecule has 0 aliphatic heterocycles. The van der Waals surface area contributed by atoms with Gasteiger partial charge in [0.15, 0.2) is 12.4 Å². The Morgan fingerprint density at radius 3 is 2.18 bits per heavy atom. The summed E-state index contributed by atoms with van der Waals surface area (Å²) < 4.78 is 23.3. The van der Waals surface area contributed by atoms with Crippen LogP contribution in [0.25, 0.3) is 22.3 Å². The van der Waals surface area contributed by atoms with Crippen LogP contribution in [0.2, 0.25) is 0 Å². The number of hydrogen-bond donors (Lipinski definition) is 0. The van der Waals surface area contributed by atoms with Gasteiger partial charge in [0, 0.05) is 17.1 Å². The maximum Gasteiger partial charge on any atom is 0.435 e. The zero-order valence-corrected chi connectivity index (χ0v) is 27.1. The maximum absolute atomic E-state index is 13.6. The van der Waals surface area contributed by atoms with Crippen LogP contribution in [0.3, 0.4) is 0 Å². The lowest BCUT2D eigenvalue weighted by Crippen LogP contribution is -2.34. The van der Waals surface area contributed by atoms with Crippen molar-refractivity contribution in [3.63, 3.8) is 0 Å². The van der Waals surface area contributed by atoms with Crippen LogP contribution in [-0.4, -0.2) is 61.3 Å². The van der Waals surface area contributed by atoms with E-state index in [1.54, 1.807) is 111 Å². The van der Waals surface area contributed by atoms with Crippen molar-refractivity contribution in [1.82, 2.24) is 19.7 Å². The number of anilines is 2. The van der Waals surface area contributed by atoms with Gasteiger partial charge >= 0.3 is 18.2 Å². The monoisotopic (exact) mass is 617 g/mol. The second kappa shape index (κ2) is 12.5. The van der Waals surface area contributed by atoms with Crippen molar-refractivity contribution in [3.05, 3.63) is 60.9 Å². The molecule has 0 fully saturated rings. The molecule has 0 spiro atoms. The molecule has 0 aliphatic rings. The fourth-order valence-corrected chi connectivity index (χ4v) is 4.10. The van der Waals surface area contributed by atoms with E-state index in [9.17, 15) is 14.4 Å². The molecule has 0 saturated heterocycles. The molecule has 0 unspecified atom stereocenters. The van der Waals surface area contributed by atoms with Gasteiger partial charge < -0.3 is 18.9 Å². The summed E-state index contributed by atoms with van der Waals surface area (Å²) in [6.07, 6.45) is 1.76. The van der Waals surface area contributed by atoms with E-state index in [2.05, 4.69) is 15.1 Å².